The first kappa shape index (κ1) is 16.1. The number of carbonyl (C=O) groups excluding carboxylic acids is 2. The van der Waals surface area contributed by atoms with Gasteiger partial charge in [0.05, 0.1) is 6.54 Å². The molecule has 0 spiro atoms. The highest BCUT2D eigenvalue weighted by molar-refractivity contribution is 7.09. The smallest absolute Gasteiger partial charge is 0.395 e. The second kappa shape index (κ2) is 6.04. The van der Waals surface area contributed by atoms with Crippen LogP contribution >= 0.6 is 11.3 Å². The third-order valence-electron chi connectivity index (χ3n) is 2.93. The standard InChI is InChI=1S/C14H11F2N3O4S/c1-7-6-24-11(18-7)5-17-12(20)13(21)19-8-2-3-9-10(4-8)23-14(15,16)22-9/h2-4,6H,5H2,1H3,(H,17,20)(H,19,21). The fourth-order valence-corrected chi connectivity index (χ4v) is 2.65. The molecule has 0 unspecified atom stereocenters. The van der Waals surface area contributed by atoms with Crippen molar-refractivity contribution >= 4 is 28.8 Å². The summed E-state index contributed by atoms with van der Waals surface area (Å²) in [5.41, 5.74) is 0.950. The number of halogens is 2. The summed E-state index contributed by atoms with van der Waals surface area (Å²) in [7, 11) is 0. The van der Waals surface area contributed by atoms with Crippen molar-refractivity contribution < 1.29 is 27.8 Å². The molecule has 3 rings (SSSR count). The average Bonchev–Trinajstić information content (AvgIpc) is 3.05. The zero-order valence-corrected chi connectivity index (χ0v) is 13.1. The number of hydrogen-bond acceptors (Lipinski definition) is 6. The quantitative estimate of drug-likeness (QED) is 0.823. The van der Waals surface area contributed by atoms with Crippen LogP contribution in [-0.4, -0.2) is 23.1 Å². The number of aryl methyl sites for hydroxylation is 1. The molecular weight excluding hydrogens is 344 g/mol. The molecule has 0 fully saturated rings. The van der Waals surface area contributed by atoms with Crippen molar-refractivity contribution in [3.05, 3.63) is 34.3 Å². The lowest BCUT2D eigenvalue weighted by Gasteiger charge is -2.06. The highest BCUT2D eigenvalue weighted by atomic mass is 32.1. The van der Waals surface area contributed by atoms with Gasteiger partial charge in [0, 0.05) is 22.8 Å². The lowest BCUT2D eigenvalue weighted by molar-refractivity contribution is -0.286. The van der Waals surface area contributed by atoms with Gasteiger partial charge in [0.15, 0.2) is 11.5 Å². The Morgan fingerprint density at radius 3 is 2.71 bits per heavy atom. The van der Waals surface area contributed by atoms with Crippen LogP contribution in [0.15, 0.2) is 23.6 Å². The Labute approximate surface area is 138 Å². The number of ether oxygens (including phenoxy) is 2. The number of nitrogens with zero attached hydrogens (tertiary/aromatic N) is 1. The van der Waals surface area contributed by atoms with E-state index in [1.807, 2.05) is 12.3 Å². The van der Waals surface area contributed by atoms with E-state index in [2.05, 4.69) is 25.1 Å². The monoisotopic (exact) mass is 355 g/mol. The van der Waals surface area contributed by atoms with E-state index in [-0.39, 0.29) is 23.7 Å². The summed E-state index contributed by atoms with van der Waals surface area (Å²) in [5, 5.41) is 7.20. The number of fused-ring (bicyclic) bond motifs is 1. The number of alkyl halides is 2. The van der Waals surface area contributed by atoms with Crippen molar-refractivity contribution in [2.75, 3.05) is 5.32 Å². The number of anilines is 1. The van der Waals surface area contributed by atoms with E-state index < -0.39 is 18.1 Å². The molecule has 0 radical (unpaired) electrons. The summed E-state index contributed by atoms with van der Waals surface area (Å²) in [4.78, 5) is 27.7. The molecular formula is C14H11F2N3O4S. The summed E-state index contributed by atoms with van der Waals surface area (Å²) < 4.78 is 34.4. The summed E-state index contributed by atoms with van der Waals surface area (Å²) in [5.74, 6) is -2.18. The molecule has 0 atom stereocenters. The first-order valence-electron chi connectivity index (χ1n) is 6.72. The van der Waals surface area contributed by atoms with E-state index in [9.17, 15) is 18.4 Å². The highest BCUT2D eigenvalue weighted by Crippen LogP contribution is 2.42. The van der Waals surface area contributed by atoms with Crippen molar-refractivity contribution in [1.82, 2.24) is 10.3 Å². The zero-order valence-electron chi connectivity index (χ0n) is 12.3. The topological polar surface area (TPSA) is 89.6 Å². The minimum absolute atomic E-state index is 0.123. The highest BCUT2D eigenvalue weighted by Gasteiger charge is 2.43. The minimum atomic E-state index is -3.74. The van der Waals surface area contributed by atoms with Gasteiger partial charge in [-0.1, -0.05) is 0 Å². The van der Waals surface area contributed by atoms with Crippen LogP contribution in [0.2, 0.25) is 0 Å². The van der Waals surface area contributed by atoms with E-state index in [0.29, 0.717) is 5.01 Å². The number of nitrogens with one attached hydrogen (secondary N) is 2. The normalized spacial score (nSPS) is 14.3. The molecule has 126 valence electrons. The summed E-state index contributed by atoms with van der Waals surface area (Å²) in [6.45, 7) is 1.94. The van der Waals surface area contributed by atoms with Gasteiger partial charge in [-0.05, 0) is 19.1 Å². The number of benzene rings is 1. The van der Waals surface area contributed by atoms with Crippen molar-refractivity contribution in [2.45, 2.75) is 19.8 Å². The number of aromatic nitrogens is 1. The fourth-order valence-electron chi connectivity index (χ4n) is 1.93. The first-order valence-corrected chi connectivity index (χ1v) is 7.60. The summed E-state index contributed by atoms with van der Waals surface area (Å²) >= 11 is 1.36. The number of rotatable bonds is 3. The number of amides is 2. The first-order chi connectivity index (χ1) is 11.3. The third kappa shape index (κ3) is 3.59. The molecule has 1 aromatic heterocycles. The average molecular weight is 355 g/mol. The Morgan fingerprint density at radius 2 is 2.00 bits per heavy atom. The van der Waals surface area contributed by atoms with E-state index >= 15 is 0 Å². The summed E-state index contributed by atoms with van der Waals surface area (Å²) in [6, 6.07) is 3.67. The van der Waals surface area contributed by atoms with Gasteiger partial charge in [0.25, 0.3) is 0 Å². The van der Waals surface area contributed by atoms with Crippen molar-refractivity contribution in [1.29, 1.82) is 0 Å². The molecule has 2 amide bonds. The van der Waals surface area contributed by atoms with Crippen LogP contribution in [0.1, 0.15) is 10.7 Å². The third-order valence-corrected chi connectivity index (χ3v) is 3.90. The molecule has 0 aliphatic carbocycles. The second-order valence-corrected chi connectivity index (χ2v) is 5.79. The molecule has 1 aliphatic rings. The van der Waals surface area contributed by atoms with Crippen molar-refractivity contribution in [3.8, 4) is 11.5 Å². The Balaban J connectivity index is 1.58. The lowest BCUT2D eigenvalue weighted by Crippen LogP contribution is -2.34. The van der Waals surface area contributed by atoms with E-state index in [1.165, 1.54) is 23.5 Å². The molecule has 2 aromatic rings. The molecule has 0 bridgehead atoms. The van der Waals surface area contributed by atoms with Gasteiger partial charge in [-0.3, -0.25) is 9.59 Å². The number of carbonyl (C=O) groups is 2. The van der Waals surface area contributed by atoms with Crippen molar-refractivity contribution in [3.63, 3.8) is 0 Å². The molecule has 1 aliphatic heterocycles. The number of hydrogen-bond donors (Lipinski definition) is 2. The molecule has 2 N–H and O–H groups in total. The van der Waals surface area contributed by atoms with E-state index in [0.717, 1.165) is 11.8 Å². The molecule has 1 aromatic carbocycles. The van der Waals surface area contributed by atoms with Gasteiger partial charge < -0.3 is 20.1 Å². The van der Waals surface area contributed by atoms with Crippen LogP contribution in [0.4, 0.5) is 14.5 Å². The van der Waals surface area contributed by atoms with Gasteiger partial charge in [-0.2, -0.15) is 0 Å². The lowest BCUT2D eigenvalue weighted by atomic mass is 10.2. The van der Waals surface area contributed by atoms with Gasteiger partial charge in [0.1, 0.15) is 5.01 Å². The Morgan fingerprint density at radius 1 is 1.25 bits per heavy atom. The van der Waals surface area contributed by atoms with Gasteiger partial charge in [0.2, 0.25) is 0 Å². The maximum absolute atomic E-state index is 12.9. The van der Waals surface area contributed by atoms with Crippen LogP contribution < -0.4 is 20.1 Å². The predicted octanol–water partition coefficient (Wildman–Crippen LogP) is 2.03. The van der Waals surface area contributed by atoms with Crippen LogP contribution in [0.25, 0.3) is 0 Å². The van der Waals surface area contributed by atoms with Crippen LogP contribution in [0, 0.1) is 6.92 Å². The number of thiazole rings is 1. The summed E-state index contributed by atoms with van der Waals surface area (Å²) in [6.07, 6.45) is -3.74. The molecule has 24 heavy (non-hydrogen) atoms. The van der Waals surface area contributed by atoms with E-state index in [1.54, 1.807) is 0 Å². The largest absolute Gasteiger partial charge is 0.586 e. The SMILES string of the molecule is Cc1csc(CNC(=O)C(=O)Nc2ccc3c(c2)OC(F)(F)O3)n1. The van der Waals surface area contributed by atoms with Gasteiger partial charge in [-0.15, -0.1) is 20.1 Å². The minimum Gasteiger partial charge on any atom is -0.395 e. The Kier molecular flexibility index (Phi) is 4.06. The van der Waals surface area contributed by atoms with Gasteiger partial charge in [-0.25, -0.2) is 4.98 Å². The Hall–Kier alpha value is -2.75. The Bertz CT molecular complexity index is 809. The predicted molar refractivity (Wildman–Crippen MR) is 80.0 cm³/mol. The maximum atomic E-state index is 12.9. The molecule has 7 nitrogen and oxygen atoms in total. The van der Waals surface area contributed by atoms with Gasteiger partial charge >= 0.3 is 18.1 Å². The molecule has 10 heteroatoms. The molecule has 2 heterocycles. The van der Waals surface area contributed by atoms with Crippen LogP contribution in [0.3, 0.4) is 0 Å². The van der Waals surface area contributed by atoms with Crippen LogP contribution in [0.5, 0.6) is 11.5 Å². The van der Waals surface area contributed by atoms with Crippen molar-refractivity contribution in [2.24, 2.45) is 0 Å². The second-order valence-electron chi connectivity index (χ2n) is 4.85. The fraction of sp³-hybridized carbons (Fsp3) is 0.214. The zero-order chi connectivity index (χ0) is 17.3. The van der Waals surface area contributed by atoms with Crippen LogP contribution in [-0.2, 0) is 16.1 Å². The molecule has 0 saturated heterocycles. The van der Waals surface area contributed by atoms with E-state index in [4.69, 9.17) is 0 Å². The molecule has 0 saturated carbocycles. The maximum Gasteiger partial charge on any atom is 0.586 e.